The first-order valence-electron chi connectivity index (χ1n) is 7.85. The standard InChI is InChI=1S/C18H18N4O/c23-18(14-6-2-1-3-7-14)22-12-10-21(11-13-22)17-15-8-4-5-9-16(15)19-20-17/h1-9H,10-13H2,(H,19,20). The molecule has 1 saturated heterocycles. The van der Waals surface area contributed by atoms with E-state index in [1.54, 1.807) is 0 Å². The van der Waals surface area contributed by atoms with Crippen LogP contribution in [-0.2, 0) is 0 Å². The van der Waals surface area contributed by atoms with Crippen LogP contribution in [0.3, 0.4) is 0 Å². The Balaban J connectivity index is 1.48. The average Bonchev–Trinajstić information content (AvgIpc) is 3.06. The number of H-pyrrole nitrogens is 1. The Hall–Kier alpha value is -2.82. The van der Waals surface area contributed by atoms with Crippen molar-refractivity contribution in [3.05, 3.63) is 60.2 Å². The summed E-state index contributed by atoms with van der Waals surface area (Å²) in [7, 11) is 0. The zero-order valence-electron chi connectivity index (χ0n) is 12.8. The first-order chi connectivity index (χ1) is 11.3. The molecule has 0 bridgehead atoms. The molecule has 0 saturated carbocycles. The molecule has 23 heavy (non-hydrogen) atoms. The summed E-state index contributed by atoms with van der Waals surface area (Å²) >= 11 is 0. The summed E-state index contributed by atoms with van der Waals surface area (Å²) in [6, 6.07) is 17.6. The van der Waals surface area contributed by atoms with E-state index in [0.29, 0.717) is 0 Å². The number of hydrogen-bond acceptors (Lipinski definition) is 3. The molecule has 1 N–H and O–H groups in total. The van der Waals surface area contributed by atoms with Crippen LogP contribution in [0.25, 0.3) is 10.9 Å². The lowest BCUT2D eigenvalue weighted by Crippen LogP contribution is -2.49. The molecule has 1 fully saturated rings. The molecule has 2 aromatic carbocycles. The van der Waals surface area contributed by atoms with Gasteiger partial charge in [0, 0.05) is 37.1 Å². The maximum atomic E-state index is 12.5. The van der Waals surface area contributed by atoms with Crippen molar-refractivity contribution in [3.8, 4) is 0 Å². The van der Waals surface area contributed by atoms with Gasteiger partial charge in [-0.2, -0.15) is 5.10 Å². The molecular weight excluding hydrogens is 288 g/mol. The number of piperazine rings is 1. The lowest BCUT2D eigenvalue weighted by Gasteiger charge is -2.35. The van der Waals surface area contributed by atoms with Crippen LogP contribution in [0.1, 0.15) is 10.4 Å². The second-order valence-corrected chi connectivity index (χ2v) is 5.74. The summed E-state index contributed by atoms with van der Waals surface area (Å²) in [5.74, 6) is 1.09. The van der Waals surface area contributed by atoms with E-state index in [0.717, 1.165) is 48.5 Å². The van der Waals surface area contributed by atoms with E-state index in [-0.39, 0.29) is 5.91 Å². The van der Waals surface area contributed by atoms with Gasteiger partial charge in [-0.1, -0.05) is 30.3 Å². The zero-order valence-corrected chi connectivity index (χ0v) is 12.8. The fourth-order valence-electron chi connectivity index (χ4n) is 3.07. The summed E-state index contributed by atoms with van der Waals surface area (Å²) in [4.78, 5) is 16.7. The molecular formula is C18H18N4O. The highest BCUT2D eigenvalue weighted by Gasteiger charge is 2.24. The number of para-hydroxylation sites is 1. The van der Waals surface area contributed by atoms with Gasteiger partial charge in [0.1, 0.15) is 0 Å². The first-order valence-corrected chi connectivity index (χ1v) is 7.85. The minimum Gasteiger partial charge on any atom is -0.351 e. The van der Waals surface area contributed by atoms with Crippen molar-refractivity contribution in [2.75, 3.05) is 31.1 Å². The number of anilines is 1. The molecule has 0 spiro atoms. The fraction of sp³-hybridized carbons (Fsp3) is 0.222. The molecule has 5 nitrogen and oxygen atoms in total. The van der Waals surface area contributed by atoms with Crippen LogP contribution in [0.2, 0.25) is 0 Å². The third-order valence-corrected chi connectivity index (χ3v) is 4.34. The monoisotopic (exact) mass is 306 g/mol. The molecule has 116 valence electrons. The zero-order chi connectivity index (χ0) is 15.6. The smallest absolute Gasteiger partial charge is 0.253 e. The summed E-state index contributed by atoms with van der Waals surface area (Å²) < 4.78 is 0. The number of nitrogens with zero attached hydrogens (tertiary/aromatic N) is 3. The van der Waals surface area contributed by atoms with Gasteiger partial charge in [0.15, 0.2) is 5.82 Å². The molecule has 0 aliphatic carbocycles. The molecule has 1 aliphatic rings. The summed E-state index contributed by atoms with van der Waals surface area (Å²) in [5.41, 5.74) is 1.80. The van der Waals surface area contributed by atoms with Crippen molar-refractivity contribution < 1.29 is 4.79 Å². The van der Waals surface area contributed by atoms with Crippen LogP contribution in [0.15, 0.2) is 54.6 Å². The molecule has 1 aromatic heterocycles. The third-order valence-electron chi connectivity index (χ3n) is 4.34. The summed E-state index contributed by atoms with van der Waals surface area (Å²) in [6.45, 7) is 3.03. The predicted molar refractivity (Wildman–Crippen MR) is 90.7 cm³/mol. The number of aromatic nitrogens is 2. The summed E-state index contributed by atoms with van der Waals surface area (Å²) in [6.07, 6.45) is 0. The Morgan fingerprint density at radius 2 is 1.61 bits per heavy atom. The molecule has 0 unspecified atom stereocenters. The Bertz CT molecular complexity index is 819. The maximum absolute atomic E-state index is 12.5. The number of rotatable bonds is 2. The number of amides is 1. The average molecular weight is 306 g/mol. The van der Waals surface area contributed by atoms with Crippen LogP contribution >= 0.6 is 0 Å². The maximum Gasteiger partial charge on any atom is 0.253 e. The highest BCUT2D eigenvalue weighted by atomic mass is 16.2. The number of nitrogens with one attached hydrogen (secondary N) is 1. The minimum atomic E-state index is 0.108. The van der Waals surface area contributed by atoms with Gasteiger partial charge in [0.2, 0.25) is 0 Å². The van der Waals surface area contributed by atoms with E-state index >= 15 is 0 Å². The van der Waals surface area contributed by atoms with Gasteiger partial charge in [-0.05, 0) is 24.3 Å². The van der Waals surface area contributed by atoms with Crippen LogP contribution in [0.5, 0.6) is 0 Å². The molecule has 4 rings (SSSR count). The molecule has 0 atom stereocenters. The fourth-order valence-corrected chi connectivity index (χ4v) is 3.07. The summed E-state index contributed by atoms with van der Waals surface area (Å²) in [5, 5.41) is 8.65. The third kappa shape index (κ3) is 2.54. The number of hydrogen-bond donors (Lipinski definition) is 1. The SMILES string of the molecule is O=C(c1ccccc1)N1CCN(c2n[nH]c3ccccc23)CC1. The molecule has 1 aliphatic heterocycles. The predicted octanol–water partition coefficient (Wildman–Crippen LogP) is 2.53. The first kappa shape index (κ1) is 13.8. The van der Waals surface area contributed by atoms with Gasteiger partial charge < -0.3 is 9.80 Å². The van der Waals surface area contributed by atoms with Gasteiger partial charge in [-0.3, -0.25) is 9.89 Å². The van der Waals surface area contributed by atoms with Gasteiger partial charge in [-0.25, -0.2) is 0 Å². The normalized spacial score (nSPS) is 15.1. The van der Waals surface area contributed by atoms with Gasteiger partial charge in [0.05, 0.1) is 5.52 Å². The van der Waals surface area contributed by atoms with Gasteiger partial charge in [-0.15, -0.1) is 0 Å². The number of fused-ring (bicyclic) bond motifs is 1. The highest BCUT2D eigenvalue weighted by molar-refractivity contribution is 5.94. The molecule has 0 radical (unpaired) electrons. The van der Waals surface area contributed by atoms with Crippen molar-refractivity contribution in [1.29, 1.82) is 0 Å². The van der Waals surface area contributed by atoms with Crippen molar-refractivity contribution in [2.45, 2.75) is 0 Å². The van der Waals surface area contributed by atoms with Crippen LogP contribution in [-0.4, -0.2) is 47.2 Å². The second kappa shape index (κ2) is 5.76. The van der Waals surface area contributed by atoms with Crippen molar-refractivity contribution in [3.63, 3.8) is 0 Å². The van der Waals surface area contributed by atoms with Gasteiger partial charge in [0.25, 0.3) is 5.91 Å². The number of carbonyl (C=O) groups excluding carboxylic acids is 1. The van der Waals surface area contributed by atoms with Crippen molar-refractivity contribution in [2.24, 2.45) is 0 Å². The van der Waals surface area contributed by atoms with E-state index in [9.17, 15) is 4.79 Å². The Labute approximate surface area is 134 Å². The van der Waals surface area contributed by atoms with E-state index in [1.165, 1.54) is 0 Å². The van der Waals surface area contributed by atoms with E-state index in [2.05, 4.69) is 21.2 Å². The Kier molecular flexibility index (Phi) is 3.46. The van der Waals surface area contributed by atoms with Crippen LogP contribution in [0, 0.1) is 0 Å². The Morgan fingerprint density at radius 1 is 0.913 bits per heavy atom. The topological polar surface area (TPSA) is 52.2 Å². The number of benzene rings is 2. The van der Waals surface area contributed by atoms with Crippen molar-refractivity contribution in [1.82, 2.24) is 15.1 Å². The molecule has 2 heterocycles. The largest absolute Gasteiger partial charge is 0.351 e. The quantitative estimate of drug-likeness (QED) is 0.791. The van der Waals surface area contributed by atoms with Gasteiger partial charge >= 0.3 is 0 Å². The molecule has 5 heteroatoms. The lowest BCUT2D eigenvalue weighted by molar-refractivity contribution is 0.0746. The van der Waals surface area contributed by atoms with Crippen molar-refractivity contribution >= 4 is 22.6 Å². The number of aromatic amines is 1. The molecule has 3 aromatic rings. The highest BCUT2D eigenvalue weighted by Crippen LogP contribution is 2.24. The van der Waals surface area contributed by atoms with E-state index < -0.39 is 0 Å². The Morgan fingerprint density at radius 3 is 2.39 bits per heavy atom. The minimum absolute atomic E-state index is 0.108. The van der Waals surface area contributed by atoms with Crippen LogP contribution in [0.4, 0.5) is 5.82 Å². The van der Waals surface area contributed by atoms with Crippen LogP contribution < -0.4 is 4.90 Å². The lowest BCUT2D eigenvalue weighted by atomic mass is 10.1. The van der Waals surface area contributed by atoms with E-state index in [1.807, 2.05) is 53.4 Å². The second-order valence-electron chi connectivity index (χ2n) is 5.74. The number of carbonyl (C=O) groups is 1. The molecule has 1 amide bonds. The van der Waals surface area contributed by atoms with E-state index in [4.69, 9.17) is 0 Å².